The highest BCUT2D eigenvalue weighted by Crippen LogP contribution is 2.46. The van der Waals surface area contributed by atoms with Gasteiger partial charge in [0, 0.05) is 15.5 Å². The number of ketones is 1. The van der Waals surface area contributed by atoms with E-state index in [1.807, 2.05) is 0 Å². The Morgan fingerprint density at radius 3 is 2.50 bits per heavy atom. The minimum absolute atomic E-state index is 0.0630. The molecular formula is C22H16ClNO5S. The molecule has 0 spiro atoms. The number of carbonyl (C=O) groups excluding carboxylic acids is 2. The molecule has 2 aromatic carbocycles. The first-order valence-electron chi connectivity index (χ1n) is 8.89. The van der Waals surface area contributed by atoms with Gasteiger partial charge >= 0.3 is 0 Å². The van der Waals surface area contributed by atoms with Gasteiger partial charge in [-0.15, -0.1) is 11.3 Å². The van der Waals surface area contributed by atoms with Crippen molar-refractivity contribution < 1.29 is 24.5 Å². The van der Waals surface area contributed by atoms with Crippen LogP contribution in [0.4, 0.5) is 5.69 Å². The predicted molar refractivity (Wildman–Crippen MR) is 115 cm³/mol. The highest BCUT2D eigenvalue weighted by Gasteiger charge is 2.48. The topological polar surface area (TPSA) is 87.1 Å². The Kier molecular flexibility index (Phi) is 5.24. The van der Waals surface area contributed by atoms with E-state index in [4.69, 9.17) is 16.3 Å². The molecule has 4 rings (SSSR count). The molecule has 0 radical (unpaired) electrons. The van der Waals surface area contributed by atoms with Gasteiger partial charge in [-0.3, -0.25) is 14.5 Å². The van der Waals surface area contributed by atoms with Gasteiger partial charge in [0.2, 0.25) is 0 Å². The summed E-state index contributed by atoms with van der Waals surface area (Å²) in [6, 6.07) is 13.4. The summed E-state index contributed by atoms with van der Waals surface area (Å²) < 4.78 is 5.13. The molecule has 2 N–H and O–H groups in total. The zero-order chi connectivity index (χ0) is 21.4. The number of aromatic hydroxyl groups is 1. The summed E-state index contributed by atoms with van der Waals surface area (Å²) in [5.41, 5.74) is 0.398. The van der Waals surface area contributed by atoms with Crippen LogP contribution in [0, 0.1) is 0 Å². The van der Waals surface area contributed by atoms with E-state index in [9.17, 15) is 19.8 Å². The van der Waals surface area contributed by atoms with Crippen LogP contribution in [0.2, 0.25) is 5.02 Å². The van der Waals surface area contributed by atoms with Gasteiger partial charge in [0.25, 0.3) is 11.7 Å². The van der Waals surface area contributed by atoms with Crippen LogP contribution in [-0.4, -0.2) is 29.0 Å². The summed E-state index contributed by atoms with van der Waals surface area (Å²) >= 11 is 7.40. The first-order chi connectivity index (χ1) is 14.4. The molecule has 3 aromatic rings. The first kappa shape index (κ1) is 20.0. The number of nitrogens with zero attached hydrogens (tertiary/aromatic N) is 1. The first-order valence-corrected chi connectivity index (χ1v) is 10.2. The van der Waals surface area contributed by atoms with E-state index in [0.717, 1.165) is 0 Å². The number of aliphatic hydroxyl groups excluding tert-OH is 1. The van der Waals surface area contributed by atoms with E-state index >= 15 is 0 Å². The summed E-state index contributed by atoms with van der Waals surface area (Å²) in [5.74, 6) is -1.63. The lowest BCUT2D eigenvalue weighted by molar-refractivity contribution is -0.132. The number of methoxy groups -OCH3 is 1. The number of Topliss-reactive ketones (excluding diaryl/α,β-unsaturated/α-hetero) is 1. The van der Waals surface area contributed by atoms with Gasteiger partial charge < -0.3 is 14.9 Å². The zero-order valence-electron chi connectivity index (χ0n) is 15.7. The van der Waals surface area contributed by atoms with Crippen molar-refractivity contribution in [3.63, 3.8) is 0 Å². The lowest BCUT2D eigenvalue weighted by Crippen LogP contribution is -2.29. The number of aliphatic hydroxyl groups is 1. The maximum absolute atomic E-state index is 13.0. The fourth-order valence-electron chi connectivity index (χ4n) is 3.39. The molecule has 1 aliphatic rings. The number of phenolic OH excluding ortho intramolecular Hbond substituents is 1. The predicted octanol–water partition coefficient (Wildman–Crippen LogP) is 4.74. The van der Waals surface area contributed by atoms with Crippen LogP contribution in [0.25, 0.3) is 5.76 Å². The second kappa shape index (κ2) is 7.85. The molecule has 8 heteroatoms. The van der Waals surface area contributed by atoms with Crippen LogP contribution in [0.3, 0.4) is 0 Å². The second-order valence-electron chi connectivity index (χ2n) is 6.55. The summed E-state index contributed by atoms with van der Waals surface area (Å²) in [4.78, 5) is 27.8. The standard InChI is InChI=1S/C22H16ClNO5S/c1-29-14-7-4-12(5-8-14)20(26)18-19(17-3-2-10-30-17)24(22(28)21(18)27)15-11-13(23)6-9-16(15)25/h2-11,19,25-26H,1H3/b20-18-. The maximum atomic E-state index is 13.0. The Morgan fingerprint density at radius 2 is 1.87 bits per heavy atom. The number of rotatable bonds is 4. The number of phenols is 1. The molecule has 1 atom stereocenters. The summed E-state index contributed by atoms with van der Waals surface area (Å²) in [7, 11) is 1.52. The minimum Gasteiger partial charge on any atom is -0.507 e. The quantitative estimate of drug-likeness (QED) is 0.347. The molecule has 0 bridgehead atoms. The third kappa shape index (κ3) is 3.32. The van der Waals surface area contributed by atoms with E-state index in [-0.39, 0.29) is 22.8 Å². The van der Waals surface area contributed by atoms with Crippen molar-refractivity contribution >= 4 is 46.1 Å². The monoisotopic (exact) mass is 441 g/mol. The van der Waals surface area contributed by atoms with Gasteiger partial charge in [-0.05, 0) is 53.9 Å². The maximum Gasteiger partial charge on any atom is 0.300 e. The Labute approximate surface area is 181 Å². The second-order valence-corrected chi connectivity index (χ2v) is 7.96. The number of carbonyl (C=O) groups is 2. The van der Waals surface area contributed by atoms with E-state index < -0.39 is 17.7 Å². The lowest BCUT2D eigenvalue weighted by atomic mass is 9.99. The van der Waals surface area contributed by atoms with Gasteiger partial charge in [0.05, 0.1) is 18.4 Å². The highest BCUT2D eigenvalue weighted by atomic mass is 35.5. The Morgan fingerprint density at radius 1 is 1.13 bits per heavy atom. The van der Waals surface area contributed by atoms with Crippen molar-refractivity contribution in [2.45, 2.75) is 6.04 Å². The molecule has 2 heterocycles. The number of hydrogen-bond donors (Lipinski definition) is 2. The normalized spacial score (nSPS) is 18.1. The molecule has 0 aliphatic carbocycles. The van der Waals surface area contributed by atoms with Gasteiger partial charge in [-0.2, -0.15) is 0 Å². The van der Waals surface area contributed by atoms with Gasteiger partial charge in [-0.25, -0.2) is 0 Å². The number of thiophene rings is 1. The molecule has 1 saturated heterocycles. The highest BCUT2D eigenvalue weighted by molar-refractivity contribution is 7.10. The summed E-state index contributed by atoms with van der Waals surface area (Å²) in [6.07, 6.45) is 0. The average molecular weight is 442 g/mol. The SMILES string of the molecule is COc1ccc(/C(O)=C2/C(=O)C(=O)N(c3cc(Cl)ccc3O)C2c2cccs2)cc1. The molecule has 0 saturated carbocycles. The van der Waals surface area contributed by atoms with Crippen molar-refractivity contribution in [3.05, 3.63) is 81.0 Å². The molecule has 1 aromatic heterocycles. The van der Waals surface area contributed by atoms with Crippen LogP contribution >= 0.6 is 22.9 Å². The van der Waals surface area contributed by atoms with E-state index in [1.165, 1.54) is 41.5 Å². The summed E-state index contributed by atoms with van der Waals surface area (Å²) in [5, 5.41) is 23.4. The summed E-state index contributed by atoms with van der Waals surface area (Å²) in [6.45, 7) is 0. The average Bonchev–Trinajstić information content (AvgIpc) is 3.37. The number of anilines is 1. The fourth-order valence-corrected chi connectivity index (χ4v) is 4.38. The molecule has 1 unspecified atom stereocenters. The number of benzene rings is 2. The van der Waals surface area contributed by atoms with Crippen molar-refractivity contribution in [1.29, 1.82) is 0 Å². The molecule has 30 heavy (non-hydrogen) atoms. The lowest BCUT2D eigenvalue weighted by Gasteiger charge is -2.25. The number of ether oxygens (including phenoxy) is 1. The van der Waals surface area contributed by atoms with E-state index in [1.54, 1.807) is 41.8 Å². The van der Waals surface area contributed by atoms with Gasteiger partial charge in [-0.1, -0.05) is 17.7 Å². The van der Waals surface area contributed by atoms with Crippen molar-refractivity contribution in [1.82, 2.24) is 0 Å². The molecule has 152 valence electrons. The molecule has 1 amide bonds. The fraction of sp³-hybridized carbons (Fsp3) is 0.0909. The third-order valence-corrected chi connectivity index (χ3v) is 5.98. The Balaban J connectivity index is 1.92. The number of halogens is 1. The van der Waals surface area contributed by atoms with Gasteiger partial charge in [0.1, 0.15) is 23.3 Å². The van der Waals surface area contributed by atoms with Crippen LogP contribution in [0.5, 0.6) is 11.5 Å². The van der Waals surface area contributed by atoms with Crippen molar-refractivity contribution in [3.8, 4) is 11.5 Å². The molecule has 1 fully saturated rings. The number of hydrogen-bond acceptors (Lipinski definition) is 6. The van der Waals surface area contributed by atoms with E-state index in [2.05, 4.69) is 0 Å². The van der Waals surface area contributed by atoms with Crippen molar-refractivity contribution in [2.75, 3.05) is 12.0 Å². The Hall–Kier alpha value is -3.29. The zero-order valence-corrected chi connectivity index (χ0v) is 17.3. The van der Waals surface area contributed by atoms with Crippen LogP contribution in [0.15, 0.2) is 65.6 Å². The third-order valence-electron chi connectivity index (χ3n) is 4.82. The van der Waals surface area contributed by atoms with Crippen molar-refractivity contribution in [2.24, 2.45) is 0 Å². The van der Waals surface area contributed by atoms with Crippen LogP contribution in [0.1, 0.15) is 16.5 Å². The molecular weight excluding hydrogens is 426 g/mol. The number of amides is 1. The smallest absolute Gasteiger partial charge is 0.300 e. The Bertz CT molecular complexity index is 1150. The molecule has 6 nitrogen and oxygen atoms in total. The minimum atomic E-state index is -0.906. The van der Waals surface area contributed by atoms with E-state index in [0.29, 0.717) is 21.2 Å². The van der Waals surface area contributed by atoms with Crippen LogP contribution in [-0.2, 0) is 9.59 Å². The molecule has 1 aliphatic heterocycles. The largest absolute Gasteiger partial charge is 0.507 e. The van der Waals surface area contributed by atoms with Gasteiger partial charge in [0.15, 0.2) is 0 Å². The van der Waals surface area contributed by atoms with Crippen LogP contribution < -0.4 is 9.64 Å².